The van der Waals surface area contributed by atoms with Crippen LogP contribution in [0.25, 0.3) is 0 Å². The van der Waals surface area contributed by atoms with Gasteiger partial charge in [0.2, 0.25) is 0 Å². The maximum absolute atomic E-state index is 12.4. The van der Waals surface area contributed by atoms with Crippen molar-refractivity contribution in [1.82, 2.24) is 4.90 Å². The van der Waals surface area contributed by atoms with Crippen LogP contribution in [0.3, 0.4) is 0 Å². The maximum Gasteiger partial charge on any atom is 0.313 e. The first kappa shape index (κ1) is 15.0. The minimum absolute atomic E-state index is 0.0914. The third-order valence-electron chi connectivity index (χ3n) is 5.06. The first-order chi connectivity index (χ1) is 10.0. The summed E-state index contributed by atoms with van der Waals surface area (Å²) in [5.74, 6) is -0.290. The largest absolute Gasteiger partial charge is 0.462 e. The molecule has 0 radical (unpaired) electrons. The zero-order chi connectivity index (χ0) is 15.0. The molecule has 0 spiro atoms. The van der Waals surface area contributed by atoms with Crippen LogP contribution in [0.1, 0.15) is 44.1 Å². The summed E-state index contributed by atoms with van der Waals surface area (Å²) in [6.45, 7) is 1.93. The van der Waals surface area contributed by atoms with Gasteiger partial charge in [0.1, 0.15) is 6.10 Å². The summed E-state index contributed by atoms with van der Waals surface area (Å²) < 4.78 is 6.82. The summed E-state index contributed by atoms with van der Waals surface area (Å²) in [7, 11) is 2.20. The molecule has 0 N–H and O–H groups in total. The molecule has 1 unspecified atom stereocenters. The Morgan fingerprint density at radius 2 is 1.81 bits per heavy atom. The topological polar surface area (TPSA) is 29.5 Å². The van der Waals surface area contributed by atoms with E-state index < -0.39 is 0 Å². The Bertz CT molecular complexity index is 502. The van der Waals surface area contributed by atoms with Crippen LogP contribution >= 0.6 is 15.9 Å². The van der Waals surface area contributed by atoms with Crippen LogP contribution in [-0.2, 0) is 9.53 Å². The van der Waals surface area contributed by atoms with Gasteiger partial charge in [-0.2, -0.15) is 0 Å². The number of piperidine rings is 1. The van der Waals surface area contributed by atoms with Crippen molar-refractivity contribution in [2.75, 3.05) is 7.05 Å². The normalized spacial score (nSPS) is 30.1. The minimum Gasteiger partial charge on any atom is -0.462 e. The van der Waals surface area contributed by atoms with E-state index in [1.54, 1.807) is 0 Å². The molecule has 3 nitrogen and oxygen atoms in total. The molecular weight excluding hydrogens is 330 g/mol. The Morgan fingerprint density at radius 1 is 1.24 bits per heavy atom. The lowest BCUT2D eigenvalue weighted by Crippen LogP contribution is -2.43. The molecule has 4 atom stereocenters. The molecule has 4 heteroatoms. The fourth-order valence-corrected chi connectivity index (χ4v) is 3.88. The molecule has 0 aromatic heterocycles. The predicted molar refractivity (Wildman–Crippen MR) is 86.2 cm³/mol. The van der Waals surface area contributed by atoms with Crippen molar-refractivity contribution < 1.29 is 9.53 Å². The molecule has 2 aliphatic heterocycles. The number of rotatable bonds is 3. The zero-order valence-electron chi connectivity index (χ0n) is 12.6. The average Bonchev–Trinajstić information content (AvgIpc) is 2.69. The molecule has 3 rings (SSSR count). The monoisotopic (exact) mass is 351 g/mol. The van der Waals surface area contributed by atoms with Crippen LogP contribution < -0.4 is 0 Å². The first-order valence-corrected chi connectivity index (χ1v) is 8.52. The number of fused-ring (bicyclic) bond motifs is 2. The SMILES string of the molecule is C[C@H](C(=O)OC1C[C@H]2CC[C@@H](C1)N2C)c1ccc(Br)cc1. The highest BCUT2D eigenvalue weighted by Gasteiger charge is 2.40. The van der Waals surface area contributed by atoms with Crippen molar-refractivity contribution in [2.24, 2.45) is 0 Å². The number of nitrogens with zero attached hydrogens (tertiary/aromatic N) is 1. The van der Waals surface area contributed by atoms with Crippen LogP contribution in [-0.4, -0.2) is 36.1 Å². The van der Waals surface area contributed by atoms with Gasteiger partial charge in [0, 0.05) is 16.6 Å². The molecule has 2 bridgehead atoms. The highest BCUT2D eigenvalue weighted by molar-refractivity contribution is 9.10. The summed E-state index contributed by atoms with van der Waals surface area (Å²) in [4.78, 5) is 14.8. The van der Waals surface area contributed by atoms with Crippen molar-refractivity contribution in [3.63, 3.8) is 0 Å². The third kappa shape index (κ3) is 3.16. The zero-order valence-corrected chi connectivity index (χ0v) is 14.2. The number of esters is 1. The Hall–Kier alpha value is -0.870. The van der Waals surface area contributed by atoms with Gasteiger partial charge in [0.15, 0.2) is 0 Å². The average molecular weight is 352 g/mol. The summed E-state index contributed by atoms with van der Waals surface area (Å²) in [5, 5.41) is 0. The number of carbonyl (C=O) groups is 1. The number of ether oxygens (including phenoxy) is 1. The van der Waals surface area contributed by atoms with Crippen LogP contribution in [0.2, 0.25) is 0 Å². The predicted octanol–water partition coefficient (Wildman–Crippen LogP) is 3.72. The Morgan fingerprint density at radius 3 is 2.38 bits per heavy atom. The lowest BCUT2D eigenvalue weighted by atomic mass is 9.99. The van der Waals surface area contributed by atoms with Crippen molar-refractivity contribution in [1.29, 1.82) is 0 Å². The van der Waals surface area contributed by atoms with E-state index in [9.17, 15) is 4.79 Å². The first-order valence-electron chi connectivity index (χ1n) is 7.72. The van der Waals surface area contributed by atoms with Gasteiger partial charge in [-0.3, -0.25) is 4.79 Å². The van der Waals surface area contributed by atoms with Crippen molar-refractivity contribution in [3.8, 4) is 0 Å². The van der Waals surface area contributed by atoms with E-state index >= 15 is 0 Å². The summed E-state index contributed by atoms with van der Waals surface area (Å²) in [6.07, 6.45) is 4.58. The summed E-state index contributed by atoms with van der Waals surface area (Å²) in [6, 6.07) is 9.10. The lowest BCUT2D eigenvalue weighted by Gasteiger charge is -2.36. The highest BCUT2D eigenvalue weighted by atomic mass is 79.9. The fourth-order valence-electron chi connectivity index (χ4n) is 3.61. The summed E-state index contributed by atoms with van der Waals surface area (Å²) >= 11 is 3.42. The van der Waals surface area contributed by atoms with E-state index in [-0.39, 0.29) is 18.0 Å². The quantitative estimate of drug-likeness (QED) is 0.777. The second-order valence-corrected chi connectivity index (χ2v) is 7.27. The van der Waals surface area contributed by atoms with Gasteiger partial charge >= 0.3 is 5.97 Å². The second-order valence-electron chi connectivity index (χ2n) is 6.35. The molecule has 0 aliphatic carbocycles. The highest BCUT2D eigenvalue weighted by Crippen LogP contribution is 2.36. The van der Waals surface area contributed by atoms with E-state index in [4.69, 9.17) is 4.74 Å². The fraction of sp³-hybridized carbons (Fsp3) is 0.588. The van der Waals surface area contributed by atoms with Crippen LogP contribution in [0.5, 0.6) is 0 Å². The molecule has 114 valence electrons. The van der Waals surface area contributed by atoms with Gasteiger partial charge in [-0.1, -0.05) is 28.1 Å². The number of carbonyl (C=O) groups excluding carboxylic acids is 1. The molecule has 2 saturated heterocycles. The number of halogens is 1. The molecule has 1 aromatic rings. The Balaban J connectivity index is 1.60. The molecular formula is C17H22BrNO2. The summed E-state index contributed by atoms with van der Waals surface area (Å²) in [5.41, 5.74) is 1.01. The Labute approximate surface area is 134 Å². The molecule has 2 aliphatic rings. The number of hydrogen-bond donors (Lipinski definition) is 0. The van der Waals surface area contributed by atoms with Crippen molar-refractivity contribution >= 4 is 21.9 Å². The standard InChI is InChI=1S/C17H22BrNO2/c1-11(12-3-5-13(18)6-4-12)17(20)21-16-9-14-7-8-15(10-16)19(14)2/h3-6,11,14-16H,7-10H2,1-2H3/t11-,14-,15+,16?/m0/s1. The second kappa shape index (κ2) is 6.09. The van der Waals surface area contributed by atoms with Gasteiger partial charge in [0.25, 0.3) is 0 Å². The molecule has 2 fully saturated rings. The van der Waals surface area contributed by atoms with E-state index in [1.165, 1.54) is 12.8 Å². The molecule has 2 heterocycles. The molecule has 0 saturated carbocycles. The number of hydrogen-bond acceptors (Lipinski definition) is 3. The van der Waals surface area contributed by atoms with Crippen LogP contribution in [0, 0.1) is 0 Å². The van der Waals surface area contributed by atoms with Gasteiger partial charge in [-0.15, -0.1) is 0 Å². The van der Waals surface area contributed by atoms with Crippen molar-refractivity contribution in [2.45, 2.75) is 56.7 Å². The molecule has 21 heavy (non-hydrogen) atoms. The molecule has 0 amide bonds. The maximum atomic E-state index is 12.4. The van der Waals surface area contributed by atoms with E-state index in [0.29, 0.717) is 12.1 Å². The van der Waals surface area contributed by atoms with Crippen molar-refractivity contribution in [3.05, 3.63) is 34.3 Å². The van der Waals surface area contributed by atoms with E-state index in [0.717, 1.165) is 22.9 Å². The minimum atomic E-state index is -0.199. The van der Waals surface area contributed by atoms with Crippen LogP contribution in [0.15, 0.2) is 28.7 Å². The molecule has 1 aromatic carbocycles. The van der Waals surface area contributed by atoms with Gasteiger partial charge in [-0.05, 0) is 57.4 Å². The number of benzene rings is 1. The van der Waals surface area contributed by atoms with E-state index in [1.807, 2.05) is 31.2 Å². The smallest absolute Gasteiger partial charge is 0.313 e. The lowest BCUT2D eigenvalue weighted by molar-refractivity contribution is -0.153. The third-order valence-corrected chi connectivity index (χ3v) is 5.59. The van der Waals surface area contributed by atoms with Gasteiger partial charge in [0.05, 0.1) is 5.92 Å². The Kier molecular flexibility index (Phi) is 4.36. The van der Waals surface area contributed by atoms with Crippen LogP contribution in [0.4, 0.5) is 0 Å². The van der Waals surface area contributed by atoms with Gasteiger partial charge in [-0.25, -0.2) is 0 Å². The van der Waals surface area contributed by atoms with Gasteiger partial charge < -0.3 is 9.64 Å². The van der Waals surface area contributed by atoms with E-state index in [2.05, 4.69) is 27.9 Å².